The van der Waals surface area contributed by atoms with E-state index in [1.165, 1.54) is 12.8 Å². The molecular weight excluding hydrogens is 218 g/mol. The number of hydrogen-bond acceptors (Lipinski definition) is 2. The zero-order valence-electron chi connectivity index (χ0n) is 9.19. The van der Waals surface area contributed by atoms with E-state index in [1.54, 1.807) is 11.3 Å². The van der Waals surface area contributed by atoms with E-state index < -0.39 is 0 Å². The van der Waals surface area contributed by atoms with Crippen molar-refractivity contribution in [2.75, 3.05) is 13.1 Å². The van der Waals surface area contributed by atoms with Crippen LogP contribution in [0.25, 0.3) is 0 Å². The molecule has 0 unspecified atom stereocenters. The second-order valence-corrected chi connectivity index (χ2v) is 5.21. The summed E-state index contributed by atoms with van der Waals surface area (Å²) in [4.78, 5) is 14.9. The maximum Gasteiger partial charge on any atom is 0.228 e. The Balaban J connectivity index is 1.90. The maximum atomic E-state index is 12.0. The van der Waals surface area contributed by atoms with Gasteiger partial charge >= 0.3 is 0 Å². The molecule has 84 valence electrons. The number of thiophene rings is 1. The van der Waals surface area contributed by atoms with Gasteiger partial charge in [-0.3, -0.25) is 4.79 Å². The molecule has 16 heavy (non-hydrogen) atoms. The number of hydrogen-bond donors (Lipinski definition) is 0. The van der Waals surface area contributed by atoms with Crippen molar-refractivity contribution in [1.82, 2.24) is 4.90 Å². The Kier molecular flexibility index (Phi) is 3.63. The number of nitrogens with zero attached hydrogens (tertiary/aromatic N) is 1. The van der Waals surface area contributed by atoms with Gasteiger partial charge in [-0.25, -0.2) is 0 Å². The smallest absolute Gasteiger partial charge is 0.228 e. The first kappa shape index (κ1) is 11.2. The van der Waals surface area contributed by atoms with Gasteiger partial charge in [0.2, 0.25) is 5.91 Å². The van der Waals surface area contributed by atoms with E-state index in [1.807, 2.05) is 22.4 Å². The van der Waals surface area contributed by atoms with Crippen LogP contribution in [0.15, 0.2) is 17.5 Å². The lowest BCUT2D eigenvalue weighted by Crippen LogP contribution is -2.34. The molecule has 1 fully saturated rings. The predicted molar refractivity (Wildman–Crippen MR) is 66.2 cm³/mol. The number of terminal acetylenes is 1. The normalized spacial score (nSPS) is 14.4. The lowest BCUT2D eigenvalue weighted by atomic mass is 10.2. The third kappa shape index (κ3) is 3.11. The highest BCUT2D eigenvalue weighted by Gasteiger charge is 2.26. The zero-order chi connectivity index (χ0) is 11.4. The zero-order valence-corrected chi connectivity index (χ0v) is 10.0. The SMILES string of the molecule is C#CCN(CC1CC1)C(=O)Cc1cccs1. The molecule has 1 aromatic rings. The summed E-state index contributed by atoms with van der Waals surface area (Å²) in [7, 11) is 0. The largest absolute Gasteiger partial charge is 0.331 e. The summed E-state index contributed by atoms with van der Waals surface area (Å²) in [5.74, 6) is 3.42. The summed E-state index contributed by atoms with van der Waals surface area (Å²) in [6, 6.07) is 3.97. The van der Waals surface area contributed by atoms with Crippen molar-refractivity contribution in [3.8, 4) is 12.3 Å². The van der Waals surface area contributed by atoms with E-state index in [0.29, 0.717) is 18.9 Å². The topological polar surface area (TPSA) is 20.3 Å². The van der Waals surface area contributed by atoms with Crippen LogP contribution in [-0.4, -0.2) is 23.9 Å². The molecule has 0 radical (unpaired) electrons. The van der Waals surface area contributed by atoms with Crippen molar-refractivity contribution in [3.05, 3.63) is 22.4 Å². The Bertz CT molecular complexity index is 387. The minimum Gasteiger partial charge on any atom is -0.331 e. The van der Waals surface area contributed by atoms with Gasteiger partial charge in [-0.15, -0.1) is 17.8 Å². The Morgan fingerprint density at radius 2 is 2.44 bits per heavy atom. The highest BCUT2D eigenvalue weighted by molar-refractivity contribution is 7.10. The fraction of sp³-hybridized carbons (Fsp3) is 0.462. The fourth-order valence-corrected chi connectivity index (χ4v) is 2.35. The molecule has 2 rings (SSSR count). The highest BCUT2D eigenvalue weighted by Crippen LogP contribution is 2.29. The molecule has 1 aromatic heterocycles. The van der Waals surface area contributed by atoms with E-state index in [9.17, 15) is 4.79 Å². The van der Waals surface area contributed by atoms with Gasteiger partial charge in [-0.2, -0.15) is 0 Å². The van der Waals surface area contributed by atoms with Gasteiger partial charge in [-0.05, 0) is 30.2 Å². The first-order valence-corrected chi connectivity index (χ1v) is 6.41. The number of rotatable bonds is 5. The van der Waals surface area contributed by atoms with Crippen LogP contribution >= 0.6 is 11.3 Å². The lowest BCUT2D eigenvalue weighted by Gasteiger charge is -2.19. The third-order valence-corrected chi connectivity index (χ3v) is 3.59. The van der Waals surface area contributed by atoms with Crippen LogP contribution < -0.4 is 0 Å². The number of amides is 1. The second-order valence-electron chi connectivity index (χ2n) is 4.18. The summed E-state index contributed by atoms with van der Waals surface area (Å²) < 4.78 is 0. The first-order chi connectivity index (χ1) is 7.79. The molecule has 1 saturated carbocycles. The van der Waals surface area contributed by atoms with Crippen molar-refractivity contribution < 1.29 is 4.79 Å². The van der Waals surface area contributed by atoms with Crippen molar-refractivity contribution in [2.45, 2.75) is 19.3 Å². The minimum absolute atomic E-state index is 0.160. The molecule has 0 N–H and O–H groups in total. The van der Waals surface area contributed by atoms with E-state index in [0.717, 1.165) is 11.4 Å². The molecule has 0 aromatic carbocycles. The van der Waals surface area contributed by atoms with Crippen molar-refractivity contribution in [2.24, 2.45) is 5.92 Å². The van der Waals surface area contributed by atoms with Crippen LogP contribution in [0.5, 0.6) is 0 Å². The summed E-state index contributed by atoms with van der Waals surface area (Å²) >= 11 is 1.62. The minimum atomic E-state index is 0.160. The molecule has 0 bridgehead atoms. The molecule has 0 spiro atoms. The van der Waals surface area contributed by atoms with E-state index in [-0.39, 0.29) is 5.91 Å². The van der Waals surface area contributed by atoms with Gasteiger partial charge in [0.15, 0.2) is 0 Å². The quantitative estimate of drug-likeness (QED) is 0.714. The Labute approximate surface area is 100 Å². The molecule has 1 heterocycles. The average molecular weight is 233 g/mol. The van der Waals surface area contributed by atoms with Gasteiger partial charge in [0, 0.05) is 11.4 Å². The van der Waals surface area contributed by atoms with E-state index in [4.69, 9.17) is 6.42 Å². The standard InChI is InChI=1S/C13H15NOS/c1-2-7-14(10-11-5-6-11)13(15)9-12-4-3-8-16-12/h1,3-4,8,11H,5-7,9-10H2. The van der Waals surface area contributed by atoms with Crippen LogP contribution in [0, 0.1) is 18.3 Å². The van der Waals surface area contributed by atoms with E-state index >= 15 is 0 Å². The van der Waals surface area contributed by atoms with Crippen LogP contribution in [0.1, 0.15) is 17.7 Å². The molecule has 1 amide bonds. The van der Waals surface area contributed by atoms with Gasteiger partial charge in [0.1, 0.15) is 0 Å². The predicted octanol–water partition coefficient (Wildman–Crippen LogP) is 2.16. The monoisotopic (exact) mass is 233 g/mol. The molecule has 0 aliphatic heterocycles. The summed E-state index contributed by atoms with van der Waals surface area (Å²) in [5.41, 5.74) is 0. The van der Waals surface area contributed by atoms with Crippen LogP contribution in [0.2, 0.25) is 0 Å². The fourth-order valence-electron chi connectivity index (χ4n) is 1.65. The first-order valence-electron chi connectivity index (χ1n) is 5.53. The Morgan fingerprint density at radius 1 is 1.62 bits per heavy atom. The van der Waals surface area contributed by atoms with Gasteiger partial charge in [0.05, 0.1) is 13.0 Å². The molecule has 2 nitrogen and oxygen atoms in total. The second kappa shape index (κ2) is 5.18. The molecule has 1 aliphatic rings. The summed E-state index contributed by atoms with van der Waals surface area (Å²) in [6.07, 6.45) is 8.27. The van der Waals surface area contributed by atoms with Gasteiger partial charge < -0.3 is 4.90 Å². The Morgan fingerprint density at radius 3 is 3.00 bits per heavy atom. The summed E-state index contributed by atoms with van der Waals surface area (Å²) in [5, 5.41) is 2.00. The summed E-state index contributed by atoms with van der Waals surface area (Å²) in [6.45, 7) is 1.29. The molecule has 0 saturated heterocycles. The van der Waals surface area contributed by atoms with Crippen molar-refractivity contribution in [1.29, 1.82) is 0 Å². The molecule has 1 aliphatic carbocycles. The molecular formula is C13H15NOS. The van der Waals surface area contributed by atoms with Crippen molar-refractivity contribution >= 4 is 17.2 Å². The van der Waals surface area contributed by atoms with Gasteiger partial charge in [-0.1, -0.05) is 12.0 Å². The van der Waals surface area contributed by atoms with Crippen molar-refractivity contribution in [3.63, 3.8) is 0 Å². The number of carbonyl (C=O) groups is 1. The lowest BCUT2D eigenvalue weighted by molar-refractivity contribution is -0.130. The van der Waals surface area contributed by atoms with E-state index in [2.05, 4.69) is 5.92 Å². The van der Waals surface area contributed by atoms with Crippen LogP contribution in [0.3, 0.4) is 0 Å². The molecule has 0 atom stereocenters. The third-order valence-electron chi connectivity index (χ3n) is 2.72. The highest BCUT2D eigenvalue weighted by atomic mass is 32.1. The Hall–Kier alpha value is -1.27. The average Bonchev–Trinajstić information content (AvgIpc) is 2.94. The molecule has 3 heteroatoms. The van der Waals surface area contributed by atoms with Gasteiger partial charge in [0.25, 0.3) is 0 Å². The van der Waals surface area contributed by atoms with Crippen LogP contribution in [-0.2, 0) is 11.2 Å². The number of carbonyl (C=O) groups excluding carboxylic acids is 1. The van der Waals surface area contributed by atoms with Crippen LogP contribution in [0.4, 0.5) is 0 Å². The maximum absolute atomic E-state index is 12.0.